The third-order valence-corrected chi connectivity index (χ3v) is 5.43. The van der Waals surface area contributed by atoms with Crippen LogP contribution in [0.15, 0.2) is 54.6 Å². The highest BCUT2D eigenvalue weighted by atomic mass is 16.2. The van der Waals surface area contributed by atoms with Crippen LogP contribution in [0.4, 0.5) is 0 Å². The summed E-state index contributed by atoms with van der Waals surface area (Å²) in [7, 11) is 0. The van der Waals surface area contributed by atoms with E-state index in [1.54, 1.807) is 0 Å². The zero-order valence-corrected chi connectivity index (χ0v) is 16.6. The van der Waals surface area contributed by atoms with Gasteiger partial charge in [-0.05, 0) is 30.5 Å². The minimum absolute atomic E-state index is 0.230. The van der Waals surface area contributed by atoms with E-state index in [4.69, 9.17) is 0 Å². The van der Waals surface area contributed by atoms with Crippen LogP contribution in [0.1, 0.15) is 23.6 Å². The molecule has 2 aromatic rings. The summed E-state index contributed by atoms with van der Waals surface area (Å²) in [5.74, 6) is 0.230. The molecule has 1 heterocycles. The topological polar surface area (TPSA) is 26.8 Å². The molecule has 3 rings (SSSR count). The number of hydrogen-bond donors (Lipinski definition) is 0. The molecule has 2 aromatic carbocycles. The van der Waals surface area contributed by atoms with E-state index in [0.717, 1.165) is 39.3 Å². The molecule has 0 N–H and O–H groups in total. The van der Waals surface area contributed by atoms with E-state index in [1.807, 2.05) is 23.1 Å². The predicted molar refractivity (Wildman–Crippen MR) is 110 cm³/mol. The van der Waals surface area contributed by atoms with E-state index in [9.17, 15) is 4.79 Å². The molecule has 1 amide bonds. The summed E-state index contributed by atoms with van der Waals surface area (Å²) in [5, 5.41) is 0. The Kier molecular flexibility index (Phi) is 7.02. The Morgan fingerprint density at radius 3 is 2.22 bits per heavy atom. The van der Waals surface area contributed by atoms with Crippen LogP contribution in [0.5, 0.6) is 0 Å². The van der Waals surface area contributed by atoms with E-state index < -0.39 is 0 Å². The second-order valence-electron chi connectivity index (χ2n) is 7.37. The first-order valence-corrected chi connectivity index (χ1v) is 9.96. The van der Waals surface area contributed by atoms with E-state index >= 15 is 0 Å². The van der Waals surface area contributed by atoms with Crippen molar-refractivity contribution >= 4 is 5.91 Å². The highest BCUT2D eigenvalue weighted by molar-refractivity contribution is 5.78. The van der Waals surface area contributed by atoms with Crippen molar-refractivity contribution in [2.24, 2.45) is 0 Å². The van der Waals surface area contributed by atoms with E-state index in [2.05, 4.69) is 60.0 Å². The summed E-state index contributed by atoms with van der Waals surface area (Å²) in [6.07, 6.45) is 0. The molecule has 1 saturated heterocycles. The van der Waals surface area contributed by atoms with Gasteiger partial charge in [0.15, 0.2) is 0 Å². The van der Waals surface area contributed by atoms with Gasteiger partial charge >= 0.3 is 0 Å². The molecule has 0 spiro atoms. The number of amides is 1. The molecule has 1 fully saturated rings. The summed E-state index contributed by atoms with van der Waals surface area (Å²) in [6.45, 7) is 11.2. The first-order chi connectivity index (χ1) is 13.2. The molecule has 0 unspecified atom stereocenters. The lowest BCUT2D eigenvalue weighted by atomic mass is 10.1. The highest BCUT2D eigenvalue weighted by Gasteiger charge is 2.21. The van der Waals surface area contributed by atoms with E-state index in [0.29, 0.717) is 13.1 Å². The molecule has 1 aliphatic heterocycles. The fourth-order valence-corrected chi connectivity index (χ4v) is 3.61. The number of rotatable bonds is 7. The van der Waals surface area contributed by atoms with Crippen molar-refractivity contribution in [3.63, 3.8) is 0 Å². The zero-order chi connectivity index (χ0) is 19.1. The van der Waals surface area contributed by atoms with Gasteiger partial charge in [-0.1, -0.05) is 54.6 Å². The minimum atomic E-state index is 0.230. The second-order valence-corrected chi connectivity index (χ2v) is 7.37. The number of nitrogens with zero attached hydrogens (tertiary/aromatic N) is 3. The van der Waals surface area contributed by atoms with Gasteiger partial charge in [-0.15, -0.1) is 0 Å². The number of likely N-dealkylation sites (N-methyl/N-ethyl adjacent to an activating group) is 1. The SMILES string of the molecule is CCN(Cc1ccccc1)C(=O)CN1CCN(Cc2ccccc2C)CC1. The Balaban J connectivity index is 1.46. The molecule has 0 saturated carbocycles. The van der Waals surface area contributed by atoms with Crippen molar-refractivity contribution in [2.75, 3.05) is 39.3 Å². The lowest BCUT2D eigenvalue weighted by molar-refractivity contribution is -0.133. The number of piperazine rings is 1. The second kappa shape index (κ2) is 9.67. The Labute approximate surface area is 163 Å². The van der Waals surface area contributed by atoms with Crippen LogP contribution in [0, 0.1) is 6.92 Å². The lowest BCUT2D eigenvalue weighted by Gasteiger charge is -2.35. The van der Waals surface area contributed by atoms with Crippen LogP contribution in [-0.2, 0) is 17.9 Å². The van der Waals surface area contributed by atoms with E-state index in [1.165, 1.54) is 16.7 Å². The van der Waals surface area contributed by atoms with Crippen LogP contribution in [0.25, 0.3) is 0 Å². The number of carbonyl (C=O) groups excluding carboxylic acids is 1. The van der Waals surface area contributed by atoms with Crippen molar-refractivity contribution in [3.8, 4) is 0 Å². The van der Waals surface area contributed by atoms with Gasteiger partial charge in [0.25, 0.3) is 0 Å². The average Bonchev–Trinajstić information content (AvgIpc) is 2.70. The minimum Gasteiger partial charge on any atom is -0.338 e. The Hall–Kier alpha value is -2.17. The molecule has 4 heteroatoms. The Bertz CT molecular complexity index is 723. The molecular weight excluding hydrogens is 334 g/mol. The monoisotopic (exact) mass is 365 g/mol. The summed E-state index contributed by atoms with van der Waals surface area (Å²) in [5.41, 5.74) is 3.95. The largest absolute Gasteiger partial charge is 0.338 e. The van der Waals surface area contributed by atoms with Gasteiger partial charge in [0.2, 0.25) is 5.91 Å². The number of benzene rings is 2. The van der Waals surface area contributed by atoms with Gasteiger partial charge in [0.05, 0.1) is 6.54 Å². The molecule has 0 bridgehead atoms. The summed E-state index contributed by atoms with van der Waals surface area (Å²) in [4.78, 5) is 19.5. The van der Waals surface area contributed by atoms with Crippen molar-refractivity contribution < 1.29 is 4.79 Å². The Morgan fingerprint density at radius 1 is 0.926 bits per heavy atom. The van der Waals surface area contributed by atoms with Gasteiger partial charge in [0.1, 0.15) is 0 Å². The van der Waals surface area contributed by atoms with Gasteiger partial charge in [-0.3, -0.25) is 14.6 Å². The molecular formula is C23H31N3O. The fraction of sp³-hybridized carbons (Fsp3) is 0.435. The van der Waals surface area contributed by atoms with Gasteiger partial charge < -0.3 is 4.90 Å². The average molecular weight is 366 g/mol. The third kappa shape index (κ3) is 5.65. The Morgan fingerprint density at radius 2 is 1.56 bits per heavy atom. The maximum atomic E-state index is 12.7. The summed E-state index contributed by atoms with van der Waals surface area (Å²) < 4.78 is 0. The van der Waals surface area contributed by atoms with Crippen molar-refractivity contribution in [2.45, 2.75) is 26.9 Å². The molecule has 4 nitrogen and oxygen atoms in total. The molecule has 0 radical (unpaired) electrons. The molecule has 0 atom stereocenters. The van der Waals surface area contributed by atoms with Gasteiger partial charge in [-0.2, -0.15) is 0 Å². The maximum Gasteiger partial charge on any atom is 0.237 e. The smallest absolute Gasteiger partial charge is 0.237 e. The molecule has 0 aromatic heterocycles. The molecule has 27 heavy (non-hydrogen) atoms. The standard InChI is InChI=1S/C23H31N3O/c1-3-26(17-21-10-5-4-6-11-21)23(27)19-25-15-13-24(14-16-25)18-22-12-8-7-9-20(22)2/h4-12H,3,13-19H2,1-2H3. The van der Waals surface area contributed by atoms with Crippen LogP contribution >= 0.6 is 0 Å². The van der Waals surface area contributed by atoms with Crippen molar-refractivity contribution in [3.05, 3.63) is 71.3 Å². The van der Waals surface area contributed by atoms with Crippen molar-refractivity contribution in [1.29, 1.82) is 0 Å². The molecule has 0 aliphatic carbocycles. The fourth-order valence-electron chi connectivity index (χ4n) is 3.61. The van der Waals surface area contributed by atoms with Crippen molar-refractivity contribution in [1.82, 2.24) is 14.7 Å². The summed E-state index contributed by atoms with van der Waals surface area (Å²) >= 11 is 0. The summed E-state index contributed by atoms with van der Waals surface area (Å²) in [6, 6.07) is 18.8. The quantitative estimate of drug-likeness (QED) is 0.754. The first kappa shape index (κ1) is 19.6. The van der Waals surface area contributed by atoms with Crippen LogP contribution < -0.4 is 0 Å². The van der Waals surface area contributed by atoms with Gasteiger partial charge in [0, 0.05) is 45.8 Å². The first-order valence-electron chi connectivity index (χ1n) is 9.96. The van der Waals surface area contributed by atoms with Crippen LogP contribution in [0.3, 0.4) is 0 Å². The van der Waals surface area contributed by atoms with Gasteiger partial charge in [-0.25, -0.2) is 0 Å². The molecule has 144 valence electrons. The van der Waals surface area contributed by atoms with Crippen LogP contribution in [0.2, 0.25) is 0 Å². The number of hydrogen-bond acceptors (Lipinski definition) is 3. The maximum absolute atomic E-state index is 12.7. The predicted octanol–water partition coefficient (Wildman–Crippen LogP) is 3.16. The highest BCUT2D eigenvalue weighted by Crippen LogP contribution is 2.13. The lowest BCUT2D eigenvalue weighted by Crippen LogP contribution is -2.49. The molecule has 1 aliphatic rings. The van der Waals surface area contributed by atoms with Crippen LogP contribution in [-0.4, -0.2) is 59.9 Å². The zero-order valence-electron chi connectivity index (χ0n) is 16.6. The normalized spacial score (nSPS) is 15.6. The number of aryl methyl sites for hydroxylation is 1. The third-order valence-electron chi connectivity index (χ3n) is 5.43. The number of carbonyl (C=O) groups is 1. The van der Waals surface area contributed by atoms with E-state index in [-0.39, 0.29) is 5.91 Å².